The maximum atomic E-state index is 5.95. The van der Waals surface area contributed by atoms with Crippen LogP contribution in [0.25, 0.3) is 0 Å². The van der Waals surface area contributed by atoms with Crippen LogP contribution >= 0.6 is 0 Å². The molecule has 0 radical (unpaired) electrons. The van der Waals surface area contributed by atoms with Gasteiger partial charge in [0.15, 0.2) is 0 Å². The van der Waals surface area contributed by atoms with Crippen LogP contribution in [0.15, 0.2) is 54.6 Å². The van der Waals surface area contributed by atoms with Crippen LogP contribution < -0.4 is 9.64 Å². The smallest absolute Gasteiger partial charge is 0.122 e. The molecule has 0 aliphatic carbocycles. The summed E-state index contributed by atoms with van der Waals surface area (Å²) in [6.07, 6.45) is 1.11. The maximum Gasteiger partial charge on any atom is 0.122 e. The first kappa shape index (κ1) is 13.6. The lowest BCUT2D eigenvalue weighted by Gasteiger charge is -2.41. The second kappa shape index (κ2) is 6.01. The zero-order valence-corrected chi connectivity index (χ0v) is 12.8. The SMILES string of the molecule is c1ccc(N2CCN(C3COc4ccccc4C3)CC2)cc1. The van der Waals surface area contributed by atoms with Crippen LogP contribution in [0.4, 0.5) is 5.69 Å². The van der Waals surface area contributed by atoms with Gasteiger partial charge in [0.25, 0.3) is 0 Å². The third-order valence-electron chi connectivity index (χ3n) is 4.81. The molecule has 2 aromatic carbocycles. The van der Waals surface area contributed by atoms with Gasteiger partial charge >= 0.3 is 0 Å². The predicted octanol–water partition coefficient (Wildman–Crippen LogP) is 2.81. The molecule has 0 aromatic heterocycles. The van der Waals surface area contributed by atoms with Crippen LogP contribution in [0.1, 0.15) is 5.56 Å². The van der Waals surface area contributed by atoms with E-state index in [1.807, 2.05) is 0 Å². The highest BCUT2D eigenvalue weighted by Crippen LogP contribution is 2.27. The Hall–Kier alpha value is -2.00. The summed E-state index contributed by atoms with van der Waals surface area (Å²) >= 11 is 0. The highest BCUT2D eigenvalue weighted by molar-refractivity contribution is 5.46. The average Bonchev–Trinajstić information content (AvgIpc) is 2.62. The number of para-hydroxylation sites is 2. The maximum absolute atomic E-state index is 5.95. The molecule has 1 unspecified atom stereocenters. The molecule has 22 heavy (non-hydrogen) atoms. The fourth-order valence-electron chi connectivity index (χ4n) is 3.53. The Morgan fingerprint density at radius 3 is 2.36 bits per heavy atom. The molecular formula is C19H22N2O. The van der Waals surface area contributed by atoms with Crippen molar-refractivity contribution in [3.05, 3.63) is 60.2 Å². The van der Waals surface area contributed by atoms with Crippen molar-refractivity contribution in [1.82, 2.24) is 4.90 Å². The molecule has 2 heterocycles. The number of piperazine rings is 1. The molecule has 0 amide bonds. The summed E-state index contributed by atoms with van der Waals surface area (Å²) in [5.74, 6) is 1.07. The van der Waals surface area contributed by atoms with Gasteiger partial charge in [-0.3, -0.25) is 4.90 Å². The monoisotopic (exact) mass is 294 g/mol. The van der Waals surface area contributed by atoms with Crippen molar-refractivity contribution in [2.24, 2.45) is 0 Å². The average molecular weight is 294 g/mol. The van der Waals surface area contributed by atoms with Crippen LogP contribution in [0.3, 0.4) is 0 Å². The zero-order valence-electron chi connectivity index (χ0n) is 12.8. The second-order valence-electron chi connectivity index (χ2n) is 6.14. The van der Waals surface area contributed by atoms with Gasteiger partial charge in [-0.2, -0.15) is 0 Å². The molecule has 0 bridgehead atoms. The molecule has 0 N–H and O–H groups in total. The molecule has 0 spiro atoms. The molecule has 2 aliphatic rings. The van der Waals surface area contributed by atoms with Crippen LogP contribution in [0.5, 0.6) is 5.75 Å². The normalized spacial score (nSPS) is 22.0. The topological polar surface area (TPSA) is 15.7 Å². The van der Waals surface area contributed by atoms with Gasteiger partial charge in [0.2, 0.25) is 0 Å². The minimum Gasteiger partial charge on any atom is -0.492 e. The molecular weight excluding hydrogens is 272 g/mol. The Bertz CT molecular complexity index is 620. The van der Waals surface area contributed by atoms with E-state index >= 15 is 0 Å². The largest absolute Gasteiger partial charge is 0.492 e. The van der Waals surface area contributed by atoms with E-state index in [2.05, 4.69) is 64.4 Å². The van der Waals surface area contributed by atoms with E-state index in [4.69, 9.17) is 4.74 Å². The number of benzene rings is 2. The number of hydrogen-bond acceptors (Lipinski definition) is 3. The van der Waals surface area contributed by atoms with Crippen LogP contribution in [-0.2, 0) is 6.42 Å². The summed E-state index contributed by atoms with van der Waals surface area (Å²) in [4.78, 5) is 5.07. The van der Waals surface area contributed by atoms with Gasteiger partial charge in [-0.05, 0) is 30.2 Å². The van der Waals surface area contributed by atoms with Gasteiger partial charge in [-0.15, -0.1) is 0 Å². The molecule has 2 aliphatic heterocycles. The fraction of sp³-hybridized carbons (Fsp3) is 0.368. The van der Waals surface area contributed by atoms with E-state index in [1.54, 1.807) is 0 Å². The first-order valence-electron chi connectivity index (χ1n) is 8.15. The van der Waals surface area contributed by atoms with Crippen LogP contribution in [0.2, 0.25) is 0 Å². The molecule has 1 atom stereocenters. The third kappa shape index (κ3) is 2.69. The van der Waals surface area contributed by atoms with Crippen molar-refractivity contribution in [3.8, 4) is 5.75 Å². The highest BCUT2D eigenvalue weighted by atomic mass is 16.5. The van der Waals surface area contributed by atoms with E-state index in [-0.39, 0.29) is 0 Å². The number of ether oxygens (including phenoxy) is 1. The van der Waals surface area contributed by atoms with Crippen molar-refractivity contribution in [2.75, 3.05) is 37.7 Å². The van der Waals surface area contributed by atoms with E-state index in [1.165, 1.54) is 11.3 Å². The Balaban J connectivity index is 1.38. The quantitative estimate of drug-likeness (QED) is 0.847. The highest BCUT2D eigenvalue weighted by Gasteiger charge is 2.28. The first-order valence-corrected chi connectivity index (χ1v) is 8.15. The number of fused-ring (bicyclic) bond motifs is 1. The zero-order chi connectivity index (χ0) is 14.8. The van der Waals surface area contributed by atoms with Gasteiger partial charge < -0.3 is 9.64 Å². The van der Waals surface area contributed by atoms with Crippen molar-refractivity contribution in [1.29, 1.82) is 0 Å². The standard InChI is InChI=1S/C19H22N2O/c1-2-7-17(8-3-1)20-10-12-21(13-11-20)18-14-16-6-4-5-9-19(16)22-15-18/h1-9,18H,10-15H2. The molecule has 4 rings (SSSR count). The summed E-state index contributed by atoms with van der Waals surface area (Å²) in [6, 6.07) is 19.7. The Morgan fingerprint density at radius 2 is 1.55 bits per heavy atom. The molecule has 2 aromatic rings. The fourth-order valence-corrected chi connectivity index (χ4v) is 3.53. The first-order chi connectivity index (χ1) is 10.9. The van der Waals surface area contributed by atoms with Crippen molar-refractivity contribution in [3.63, 3.8) is 0 Å². The predicted molar refractivity (Wildman–Crippen MR) is 89.7 cm³/mol. The van der Waals surface area contributed by atoms with E-state index in [0.717, 1.165) is 45.0 Å². The lowest BCUT2D eigenvalue weighted by atomic mass is 10.0. The lowest BCUT2D eigenvalue weighted by Crippen LogP contribution is -2.53. The summed E-state index contributed by atoms with van der Waals surface area (Å²) in [5.41, 5.74) is 2.69. The molecule has 114 valence electrons. The van der Waals surface area contributed by atoms with Crippen molar-refractivity contribution < 1.29 is 4.74 Å². The van der Waals surface area contributed by atoms with Gasteiger partial charge in [0.1, 0.15) is 12.4 Å². The lowest BCUT2D eigenvalue weighted by molar-refractivity contribution is 0.113. The number of rotatable bonds is 2. The van der Waals surface area contributed by atoms with E-state index in [0.29, 0.717) is 6.04 Å². The number of anilines is 1. The third-order valence-corrected chi connectivity index (χ3v) is 4.81. The molecule has 3 heteroatoms. The van der Waals surface area contributed by atoms with Crippen LogP contribution in [-0.4, -0.2) is 43.7 Å². The van der Waals surface area contributed by atoms with Crippen LogP contribution in [0, 0.1) is 0 Å². The Kier molecular flexibility index (Phi) is 3.73. The molecule has 1 fully saturated rings. The minimum absolute atomic E-state index is 0.521. The van der Waals surface area contributed by atoms with Gasteiger partial charge in [-0.25, -0.2) is 0 Å². The summed E-state index contributed by atoms with van der Waals surface area (Å²) in [6.45, 7) is 5.25. The van der Waals surface area contributed by atoms with Gasteiger partial charge in [-0.1, -0.05) is 36.4 Å². The van der Waals surface area contributed by atoms with E-state index in [9.17, 15) is 0 Å². The van der Waals surface area contributed by atoms with Crippen molar-refractivity contribution >= 4 is 5.69 Å². The summed E-state index contributed by atoms with van der Waals surface area (Å²) in [7, 11) is 0. The number of nitrogens with zero attached hydrogens (tertiary/aromatic N) is 2. The van der Waals surface area contributed by atoms with Crippen molar-refractivity contribution in [2.45, 2.75) is 12.5 Å². The van der Waals surface area contributed by atoms with Gasteiger partial charge in [0.05, 0.1) is 0 Å². The van der Waals surface area contributed by atoms with E-state index < -0.39 is 0 Å². The molecule has 1 saturated heterocycles. The Morgan fingerprint density at radius 1 is 0.818 bits per heavy atom. The molecule has 3 nitrogen and oxygen atoms in total. The second-order valence-corrected chi connectivity index (χ2v) is 6.14. The summed E-state index contributed by atoms with van der Waals surface area (Å²) in [5, 5.41) is 0. The van der Waals surface area contributed by atoms with Gasteiger partial charge in [0, 0.05) is 37.9 Å². The summed E-state index contributed by atoms with van der Waals surface area (Å²) < 4.78 is 5.95. The minimum atomic E-state index is 0.521. The Labute approximate surface area is 132 Å². The molecule has 0 saturated carbocycles. The number of hydrogen-bond donors (Lipinski definition) is 0.